The Labute approximate surface area is 121 Å². The van der Waals surface area contributed by atoms with Gasteiger partial charge in [-0.05, 0) is 24.3 Å². The number of nitrogens with one attached hydrogen (secondary N) is 1. The molecular formula is C14H14FN5O. The van der Waals surface area contributed by atoms with E-state index in [0.717, 1.165) is 13.1 Å². The van der Waals surface area contributed by atoms with Gasteiger partial charge in [0, 0.05) is 25.2 Å². The molecule has 2 aromatic rings. The zero-order chi connectivity index (χ0) is 14.7. The minimum Gasteiger partial charge on any atom is -0.419 e. The second kappa shape index (κ2) is 5.99. The van der Waals surface area contributed by atoms with Gasteiger partial charge in [-0.25, -0.2) is 4.39 Å². The highest BCUT2D eigenvalue weighted by atomic mass is 19.1. The first kappa shape index (κ1) is 13.7. The van der Waals surface area contributed by atoms with E-state index in [9.17, 15) is 4.39 Å². The van der Waals surface area contributed by atoms with Gasteiger partial charge in [0.25, 0.3) is 0 Å². The minimum absolute atomic E-state index is 0.195. The van der Waals surface area contributed by atoms with E-state index in [1.807, 2.05) is 4.90 Å². The highest BCUT2D eigenvalue weighted by Gasteiger charge is 2.23. The van der Waals surface area contributed by atoms with E-state index < -0.39 is 0 Å². The second-order valence-corrected chi connectivity index (χ2v) is 4.83. The Morgan fingerprint density at radius 2 is 2.19 bits per heavy atom. The predicted molar refractivity (Wildman–Crippen MR) is 72.4 cm³/mol. The molecule has 7 heteroatoms. The zero-order valence-corrected chi connectivity index (χ0v) is 11.3. The van der Waals surface area contributed by atoms with Crippen molar-refractivity contribution < 1.29 is 8.81 Å². The number of rotatable bonds is 3. The number of hydrogen-bond donors (Lipinski definition) is 1. The van der Waals surface area contributed by atoms with Crippen LogP contribution in [-0.4, -0.2) is 40.8 Å². The van der Waals surface area contributed by atoms with Crippen LogP contribution in [0.15, 0.2) is 28.7 Å². The number of piperazine rings is 1. The summed E-state index contributed by atoms with van der Waals surface area (Å²) in [6, 6.07) is 7.94. The maximum atomic E-state index is 12.9. The summed E-state index contributed by atoms with van der Waals surface area (Å²) >= 11 is 0. The molecule has 1 aliphatic heterocycles. The summed E-state index contributed by atoms with van der Waals surface area (Å²) in [6.07, 6.45) is 0. The smallest absolute Gasteiger partial charge is 0.247 e. The van der Waals surface area contributed by atoms with Gasteiger partial charge in [0.15, 0.2) is 0 Å². The first-order chi connectivity index (χ1) is 10.3. The van der Waals surface area contributed by atoms with Crippen LogP contribution in [0.25, 0.3) is 11.5 Å². The summed E-state index contributed by atoms with van der Waals surface area (Å²) in [4.78, 5) is 2.00. The molecule has 1 atom stereocenters. The fraction of sp³-hybridized carbons (Fsp3) is 0.357. The van der Waals surface area contributed by atoms with Crippen molar-refractivity contribution in [3.63, 3.8) is 0 Å². The van der Waals surface area contributed by atoms with Crippen molar-refractivity contribution in [1.29, 1.82) is 5.26 Å². The molecule has 0 bridgehead atoms. The molecular weight excluding hydrogens is 273 g/mol. The summed E-state index contributed by atoms with van der Waals surface area (Å²) in [5, 5.41) is 20.3. The van der Waals surface area contributed by atoms with Crippen LogP contribution in [0.4, 0.5) is 4.39 Å². The molecule has 108 valence electrons. The maximum Gasteiger partial charge on any atom is 0.247 e. The molecule has 1 aromatic carbocycles. The Bertz CT molecular complexity index is 648. The van der Waals surface area contributed by atoms with Gasteiger partial charge < -0.3 is 9.73 Å². The Kier molecular flexibility index (Phi) is 3.90. The first-order valence-electron chi connectivity index (χ1n) is 6.69. The largest absolute Gasteiger partial charge is 0.419 e. The maximum absolute atomic E-state index is 12.9. The summed E-state index contributed by atoms with van der Waals surface area (Å²) in [5.74, 6) is 0.501. The molecule has 21 heavy (non-hydrogen) atoms. The van der Waals surface area contributed by atoms with Gasteiger partial charge in [-0.2, -0.15) is 5.26 Å². The summed E-state index contributed by atoms with van der Waals surface area (Å²) in [5.41, 5.74) is 0.673. The van der Waals surface area contributed by atoms with Gasteiger partial charge in [0.05, 0.1) is 12.6 Å². The molecule has 2 heterocycles. The van der Waals surface area contributed by atoms with Crippen LogP contribution in [0.3, 0.4) is 0 Å². The second-order valence-electron chi connectivity index (χ2n) is 4.83. The van der Waals surface area contributed by atoms with E-state index in [0.29, 0.717) is 30.4 Å². The van der Waals surface area contributed by atoms with Crippen LogP contribution < -0.4 is 5.32 Å². The number of hydrogen-bond acceptors (Lipinski definition) is 6. The Balaban J connectivity index is 1.73. The third kappa shape index (κ3) is 3.07. The van der Waals surface area contributed by atoms with E-state index in [2.05, 4.69) is 21.6 Å². The SMILES string of the molecule is N#CC1CNCCN1Cc1nnc(-c2ccc(F)cc2)o1. The highest BCUT2D eigenvalue weighted by molar-refractivity contribution is 5.51. The van der Waals surface area contributed by atoms with Crippen molar-refractivity contribution in [3.05, 3.63) is 36.0 Å². The molecule has 1 unspecified atom stereocenters. The van der Waals surface area contributed by atoms with Crippen LogP contribution in [0.2, 0.25) is 0 Å². The van der Waals surface area contributed by atoms with Gasteiger partial charge in [-0.1, -0.05) is 0 Å². The average Bonchev–Trinajstić information content (AvgIpc) is 2.97. The van der Waals surface area contributed by atoms with Crippen LogP contribution in [0, 0.1) is 17.1 Å². The van der Waals surface area contributed by atoms with Gasteiger partial charge in [-0.3, -0.25) is 4.90 Å². The van der Waals surface area contributed by atoms with E-state index in [4.69, 9.17) is 9.68 Å². The summed E-state index contributed by atoms with van der Waals surface area (Å²) < 4.78 is 18.5. The third-order valence-electron chi connectivity index (χ3n) is 3.40. The number of aromatic nitrogens is 2. The predicted octanol–water partition coefficient (Wildman–Crippen LogP) is 1.17. The molecule has 1 aromatic heterocycles. The molecule has 0 spiro atoms. The quantitative estimate of drug-likeness (QED) is 0.913. The number of benzene rings is 1. The van der Waals surface area contributed by atoms with Gasteiger partial charge in [0.2, 0.25) is 11.8 Å². The monoisotopic (exact) mass is 287 g/mol. The Morgan fingerprint density at radius 3 is 2.95 bits per heavy atom. The topological polar surface area (TPSA) is 78.0 Å². The van der Waals surface area contributed by atoms with E-state index in [1.165, 1.54) is 12.1 Å². The van der Waals surface area contributed by atoms with Crippen molar-refractivity contribution in [2.24, 2.45) is 0 Å². The lowest BCUT2D eigenvalue weighted by Gasteiger charge is -2.30. The average molecular weight is 287 g/mol. The lowest BCUT2D eigenvalue weighted by atomic mass is 10.2. The minimum atomic E-state index is -0.309. The van der Waals surface area contributed by atoms with Crippen LogP contribution >= 0.6 is 0 Å². The molecule has 0 amide bonds. The molecule has 1 N–H and O–H groups in total. The molecule has 0 aliphatic carbocycles. The molecule has 0 radical (unpaired) electrons. The van der Waals surface area contributed by atoms with Crippen molar-refractivity contribution in [2.75, 3.05) is 19.6 Å². The fourth-order valence-electron chi connectivity index (χ4n) is 2.26. The normalized spacial score (nSPS) is 19.3. The summed E-state index contributed by atoms with van der Waals surface area (Å²) in [6.45, 7) is 2.66. The van der Waals surface area contributed by atoms with Crippen molar-refractivity contribution in [3.8, 4) is 17.5 Å². The van der Waals surface area contributed by atoms with Crippen molar-refractivity contribution >= 4 is 0 Å². The molecule has 0 saturated carbocycles. The van der Waals surface area contributed by atoms with E-state index >= 15 is 0 Å². The lowest BCUT2D eigenvalue weighted by molar-refractivity contribution is 0.173. The third-order valence-corrected chi connectivity index (χ3v) is 3.40. The molecule has 1 aliphatic rings. The Hall–Kier alpha value is -2.30. The fourth-order valence-corrected chi connectivity index (χ4v) is 2.26. The first-order valence-corrected chi connectivity index (χ1v) is 6.69. The van der Waals surface area contributed by atoms with Crippen LogP contribution in [0.1, 0.15) is 5.89 Å². The number of halogens is 1. The van der Waals surface area contributed by atoms with E-state index in [1.54, 1.807) is 12.1 Å². The van der Waals surface area contributed by atoms with Gasteiger partial charge in [-0.15, -0.1) is 10.2 Å². The highest BCUT2D eigenvalue weighted by Crippen LogP contribution is 2.19. The molecule has 6 nitrogen and oxygen atoms in total. The van der Waals surface area contributed by atoms with E-state index in [-0.39, 0.29) is 11.9 Å². The van der Waals surface area contributed by atoms with Crippen LogP contribution in [0.5, 0.6) is 0 Å². The number of nitriles is 1. The molecule has 1 fully saturated rings. The zero-order valence-electron chi connectivity index (χ0n) is 11.3. The van der Waals surface area contributed by atoms with Gasteiger partial charge >= 0.3 is 0 Å². The standard InChI is InChI=1S/C14H14FN5O/c15-11-3-1-10(2-4-11)14-19-18-13(21-14)9-20-6-5-17-8-12(20)7-16/h1-4,12,17H,5-6,8-9H2. The van der Waals surface area contributed by atoms with Crippen molar-refractivity contribution in [2.45, 2.75) is 12.6 Å². The molecule has 1 saturated heterocycles. The van der Waals surface area contributed by atoms with Crippen molar-refractivity contribution in [1.82, 2.24) is 20.4 Å². The van der Waals surface area contributed by atoms with Gasteiger partial charge in [0.1, 0.15) is 11.9 Å². The molecule has 3 rings (SSSR count). The van der Waals surface area contributed by atoms with Crippen LogP contribution in [-0.2, 0) is 6.54 Å². The Morgan fingerprint density at radius 1 is 1.38 bits per heavy atom. The number of nitrogens with zero attached hydrogens (tertiary/aromatic N) is 4. The lowest BCUT2D eigenvalue weighted by Crippen LogP contribution is -2.50. The summed E-state index contributed by atoms with van der Waals surface area (Å²) in [7, 11) is 0.